The van der Waals surface area contributed by atoms with Gasteiger partial charge >= 0.3 is 0 Å². The van der Waals surface area contributed by atoms with E-state index in [2.05, 4.69) is 14.9 Å². The molecule has 0 saturated carbocycles. The molecule has 4 nitrogen and oxygen atoms in total. The summed E-state index contributed by atoms with van der Waals surface area (Å²) >= 11 is 6.05. The third-order valence-electron chi connectivity index (χ3n) is 3.49. The largest absolute Gasteiger partial charge is 0.381 e. The molecule has 2 unspecified atom stereocenters. The van der Waals surface area contributed by atoms with Crippen LogP contribution in [0.3, 0.4) is 0 Å². The predicted molar refractivity (Wildman–Crippen MR) is 61.7 cm³/mol. The molecule has 0 spiro atoms. The highest BCUT2D eigenvalue weighted by Gasteiger charge is 2.34. The first-order chi connectivity index (χ1) is 7.84. The molecule has 0 amide bonds. The number of nitrogens with zero attached hydrogens (tertiary/aromatic N) is 3. The third kappa shape index (κ3) is 1.76. The van der Waals surface area contributed by atoms with Crippen molar-refractivity contribution in [2.45, 2.75) is 6.42 Å². The Kier molecular flexibility index (Phi) is 2.69. The van der Waals surface area contributed by atoms with Crippen molar-refractivity contribution < 1.29 is 4.74 Å². The summed E-state index contributed by atoms with van der Waals surface area (Å²) in [4.78, 5) is 10.6. The molecule has 3 rings (SSSR count). The van der Waals surface area contributed by atoms with E-state index in [-0.39, 0.29) is 0 Å². The number of hydrogen-bond donors (Lipinski definition) is 0. The summed E-state index contributed by atoms with van der Waals surface area (Å²) in [5, 5.41) is 0.500. The Morgan fingerprint density at radius 1 is 1.25 bits per heavy atom. The van der Waals surface area contributed by atoms with Gasteiger partial charge in [0.2, 0.25) is 0 Å². The van der Waals surface area contributed by atoms with Crippen LogP contribution >= 0.6 is 11.6 Å². The van der Waals surface area contributed by atoms with Gasteiger partial charge in [-0.2, -0.15) is 0 Å². The second-order valence-corrected chi connectivity index (χ2v) is 4.82. The zero-order valence-corrected chi connectivity index (χ0v) is 9.73. The van der Waals surface area contributed by atoms with Crippen LogP contribution in [-0.4, -0.2) is 36.3 Å². The van der Waals surface area contributed by atoms with Crippen LogP contribution in [0, 0.1) is 11.8 Å². The standard InChI is InChI=1S/C11H14ClN3O/c12-10-11(14-3-2-13-10)15-4-1-8-6-16-7-9(8)5-15/h2-3,8-9H,1,4-7H2. The second kappa shape index (κ2) is 4.18. The molecule has 2 aliphatic rings. The zero-order valence-electron chi connectivity index (χ0n) is 8.97. The number of hydrogen-bond acceptors (Lipinski definition) is 4. The van der Waals surface area contributed by atoms with Crippen molar-refractivity contribution in [3.05, 3.63) is 17.5 Å². The molecule has 2 atom stereocenters. The molecule has 0 aliphatic carbocycles. The normalized spacial score (nSPS) is 29.2. The summed E-state index contributed by atoms with van der Waals surface area (Å²) in [6, 6.07) is 0. The maximum Gasteiger partial charge on any atom is 0.171 e. The average molecular weight is 240 g/mol. The van der Waals surface area contributed by atoms with E-state index in [1.54, 1.807) is 12.4 Å². The number of aromatic nitrogens is 2. The molecule has 2 aliphatic heterocycles. The van der Waals surface area contributed by atoms with E-state index in [0.29, 0.717) is 11.1 Å². The summed E-state index contributed by atoms with van der Waals surface area (Å²) in [7, 11) is 0. The lowest BCUT2D eigenvalue weighted by Gasteiger charge is -2.34. The minimum atomic E-state index is 0.500. The smallest absolute Gasteiger partial charge is 0.171 e. The van der Waals surface area contributed by atoms with Crippen LogP contribution in [0.2, 0.25) is 5.15 Å². The lowest BCUT2D eigenvalue weighted by Crippen LogP contribution is -2.40. The maximum atomic E-state index is 6.05. The van der Waals surface area contributed by atoms with Crippen LogP contribution in [0.15, 0.2) is 12.4 Å². The van der Waals surface area contributed by atoms with Crippen molar-refractivity contribution in [3.8, 4) is 0 Å². The van der Waals surface area contributed by atoms with Gasteiger partial charge in [0.05, 0.1) is 6.61 Å². The Bertz CT molecular complexity index is 387. The molecular weight excluding hydrogens is 226 g/mol. The molecule has 1 aromatic rings. The maximum absolute atomic E-state index is 6.05. The second-order valence-electron chi connectivity index (χ2n) is 4.46. The quantitative estimate of drug-likeness (QED) is 0.746. The zero-order chi connectivity index (χ0) is 11.0. The van der Waals surface area contributed by atoms with Crippen molar-refractivity contribution in [2.75, 3.05) is 31.2 Å². The monoisotopic (exact) mass is 239 g/mol. The Balaban J connectivity index is 1.79. The minimum absolute atomic E-state index is 0.500. The minimum Gasteiger partial charge on any atom is -0.381 e. The summed E-state index contributed by atoms with van der Waals surface area (Å²) in [5.41, 5.74) is 0. The average Bonchev–Trinajstić information content (AvgIpc) is 2.76. The fourth-order valence-corrected chi connectivity index (χ4v) is 2.80. The van der Waals surface area contributed by atoms with Gasteiger partial charge in [-0.1, -0.05) is 11.6 Å². The Labute approximate surface area is 99.6 Å². The third-order valence-corrected chi connectivity index (χ3v) is 3.76. The van der Waals surface area contributed by atoms with Crippen molar-refractivity contribution in [3.63, 3.8) is 0 Å². The van der Waals surface area contributed by atoms with Gasteiger partial charge < -0.3 is 9.64 Å². The first-order valence-corrected chi connectivity index (χ1v) is 6.01. The molecular formula is C11H14ClN3O. The summed E-state index contributed by atoms with van der Waals surface area (Å²) in [6.45, 7) is 3.79. The lowest BCUT2D eigenvalue weighted by molar-refractivity contribution is 0.182. The molecule has 2 fully saturated rings. The molecule has 86 valence electrons. The first-order valence-electron chi connectivity index (χ1n) is 5.64. The summed E-state index contributed by atoms with van der Waals surface area (Å²) < 4.78 is 5.51. The first kappa shape index (κ1) is 10.3. The van der Waals surface area contributed by atoms with E-state index in [9.17, 15) is 0 Å². The molecule has 5 heteroatoms. The lowest BCUT2D eigenvalue weighted by atomic mass is 9.89. The van der Waals surface area contributed by atoms with Gasteiger partial charge in [-0.05, 0) is 12.3 Å². The number of piperidine rings is 1. The number of ether oxygens (including phenoxy) is 1. The van der Waals surface area contributed by atoms with Crippen LogP contribution in [0.5, 0.6) is 0 Å². The SMILES string of the molecule is Clc1nccnc1N1CCC2COCC2C1. The van der Waals surface area contributed by atoms with Crippen molar-refractivity contribution >= 4 is 17.4 Å². The molecule has 16 heavy (non-hydrogen) atoms. The van der Waals surface area contributed by atoms with Gasteiger partial charge in [0.1, 0.15) is 0 Å². The molecule has 0 radical (unpaired) electrons. The Hall–Kier alpha value is -0.870. The van der Waals surface area contributed by atoms with Gasteiger partial charge in [0, 0.05) is 38.0 Å². The highest BCUT2D eigenvalue weighted by Crippen LogP contribution is 2.32. The Morgan fingerprint density at radius 3 is 2.94 bits per heavy atom. The van der Waals surface area contributed by atoms with Crippen LogP contribution in [0.1, 0.15) is 6.42 Å². The number of halogens is 1. The highest BCUT2D eigenvalue weighted by molar-refractivity contribution is 6.31. The van der Waals surface area contributed by atoms with Crippen molar-refractivity contribution in [2.24, 2.45) is 11.8 Å². The van der Waals surface area contributed by atoms with E-state index in [1.165, 1.54) is 0 Å². The van der Waals surface area contributed by atoms with Crippen LogP contribution in [0.4, 0.5) is 5.82 Å². The van der Waals surface area contributed by atoms with Gasteiger partial charge in [0.15, 0.2) is 11.0 Å². The number of anilines is 1. The molecule has 0 aromatic carbocycles. The van der Waals surface area contributed by atoms with Gasteiger partial charge in [-0.3, -0.25) is 0 Å². The fourth-order valence-electron chi connectivity index (χ4n) is 2.58. The topological polar surface area (TPSA) is 38.2 Å². The molecule has 3 heterocycles. The van der Waals surface area contributed by atoms with E-state index in [0.717, 1.165) is 44.5 Å². The molecule has 0 bridgehead atoms. The van der Waals surface area contributed by atoms with Gasteiger partial charge in [0.25, 0.3) is 0 Å². The number of fused-ring (bicyclic) bond motifs is 1. The Morgan fingerprint density at radius 2 is 2.06 bits per heavy atom. The van der Waals surface area contributed by atoms with Crippen LogP contribution in [0.25, 0.3) is 0 Å². The van der Waals surface area contributed by atoms with Gasteiger partial charge in [-0.25, -0.2) is 9.97 Å². The molecule has 2 saturated heterocycles. The number of rotatable bonds is 1. The van der Waals surface area contributed by atoms with Crippen molar-refractivity contribution in [1.82, 2.24) is 9.97 Å². The van der Waals surface area contributed by atoms with E-state index < -0.39 is 0 Å². The molecule has 0 N–H and O–H groups in total. The van der Waals surface area contributed by atoms with E-state index >= 15 is 0 Å². The summed E-state index contributed by atoms with van der Waals surface area (Å²) in [6.07, 6.45) is 4.48. The van der Waals surface area contributed by atoms with Crippen LogP contribution < -0.4 is 4.90 Å². The van der Waals surface area contributed by atoms with Crippen LogP contribution in [-0.2, 0) is 4.74 Å². The molecule has 1 aromatic heterocycles. The highest BCUT2D eigenvalue weighted by atomic mass is 35.5. The van der Waals surface area contributed by atoms with Gasteiger partial charge in [-0.15, -0.1) is 0 Å². The van der Waals surface area contributed by atoms with Crippen molar-refractivity contribution in [1.29, 1.82) is 0 Å². The summed E-state index contributed by atoms with van der Waals surface area (Å²) in [5.74, 6) is 2.17. The van der Waals surface area contributed by atoms with E-state index in [1.807, 2.05) is 0 Å². The predicted octanol–water partition coefficient (Wildman–Crippen LogP) is 1.60. The van der Waals surface area contributed by atoms with E-state index in [4.69, 9.17) is 16.3 Å². The fraction of sp³-hybridized carbons (Fsp3) is 0.636.